The van der Waals surface area contributed by atoms with Gasteiger partial charge in [0.2, 0.25) is 0 Å². The van der Waals surface area contributed by atoms with Gasteiger partial charge in [0.05, 0.1) is 13.2 Å². The van der Waals surface area contributed by atoms with E-state index in [4.69, 9.17) is 4.74 Å². The molecule has 0 aliphatic carbocycles. The van der Waals surface area contributed by atoms with E-state index in [0.717, 1.165) is 31.4 Å². The van der Waals surface area contributed by atoms with Gasteiger partial charge in [0.15, 0.2) is 0 Å². The van der Waals surface area contributed by atoms with E-state index in [-0.39, 0.29) is 10.8 Å². The number of nitrogens with one attached hydrogen (secondary N) is 1. The van der Waals surface area contributed by atoms with Gasteiger partial charge in [0.25, 0.3) is 0 Å². The van der Waals surface area contributed by atoms with Crippen LogP contribution in [0.2, 0.25) is 0 Å². The molecule has 3 nitrogen and oxygen atoms in total. The standard InChI is InChI=1S/C17H29NO2S/c1-6-7-10-15(18-21(19)17(2,3)4)12-14-9-8-11-16(13-14)20-5/h8-9,11,13,15,18H,6-7,10,12H2,1-5H3/t15-,21?/m0/s1. The van der Waals surface area contributed by atoms with Gasteiger partial charge in [-0.1, -0.05) is 31.9 Å². The second-order valence-corrected chi connectivity index (χ2v) is 8.39. The number of hydrogen-bond donors (Lipinski definition) is 1. The van der Waals surface area contributed by atoms with Crippen LogP contribution in [0.25, 0.3) is 0 Å². The highest BCUT2D eigenvalue weighted by molar-refractivity contribution is 7.90. The van der Waals surface area contributed by atoms with E-state index in [1.807, 2.05) is 32.9 Å². The van der Waals surface area contributed by atoms with E-state index < -0.39 is 11.4 Å². The first-order chi connectivity index (χ1) is 9.86. The predicted octanol–water partition coefficient (Wildman–Crippen LogP) is 3.85. The van der Waals surface area contributed by atoms with Crippen LogP contribution in [0.3, 0.4) is 0 Å². The second kappa shape index (κ2) is 8.66. The van der Waals surface area contributed by atoms with Gasteiger partial charge >= 0.3 is 0 Å². The van der Waals surface area contributed by atoms with Crippen molar-refractivity contribution >= 4 is 11.4 Å². The normalized spacial score (nSPS) is 14.8. The highest BCUT2D eigenvalue weighted by atomic mass is 32.2. The van der Waals surface area contributed by atoms with Crippen LogP contribution in [-0.4, -0.2) is 22.5 Å². The first-order valence-electron chi connectivity index (χ1n) is 7.67. The molecule has 1 aromatic carbocycles. The Morgan fingerprint density at radius 2 is 2.05 bits per heavy atom. The fourth-order valence-corrected chi connectivity index (χ4v) is 2.92. The van der Waals surface area contributed by atoms with E-state index in [1.165, 1.54) is 5.56 Å². The second-order valence-electron chi connectivity index (χ2n) is 6.39. The number of unbranched alkanes of at least 4 members (excludes halogenated alkanes) is 1. The molecule has 21 heavy (non-hydrogen) atoms. The highest BCUT2D eigenvalue weighted by Crippen LogP contribution is 2.19. The summed E-state index contributed by atoms with van der Waals surface area (Å²) < 4.78 is 20.7. The maximum Gasteiger partial charge on any atom is 0.136 e. The van der Waals surface area contributed by atoms with Crippen LogP contribution < -0.4 is 9.46 Å². The molecule has 0 aliphatic heterocycles. The van der Waals surface area contributed by atoms with E-state index in [0.29, 0.717) is 0 Å². The van der Waals surface area contributed by atoms with Crippen molar-refractivity contribution in [3.63, 3.8) is 0 Å². The lowest BCUT2D eigenvalue weighted by atomic mass is 10.0. The van der Waals surface area contributed by atoms with E-state index >= 15 is 0 Å². The molecule has 1 aromatic rings. The fraction of sp³-hybridized carbons (Fsp3) is 0.647. The van der Waals surface area contributed by atoms with Crippen LogP contribution in [0.4, 0.5) is 0 Å². The summed E-state index contributed by atoms with van der Waals surface area (Å²) in [4.78, 5) is 0. The van der Waals surface area contributed by atoms with Gasteiger partial charge < -0.3 is 9.29 Å². The Morgan fingerprint density at radius 1 is 1.33 bits per heavy atom. The molecule has 1 unspecified atom stereocenters. The van der Waals surface area contributed by atoms with Crippen LogP contribution in [0.5, 0.6) is 5.75 Å². The molecule has 0 fully saturated rings. The Morgan fingerprint density at radius 3 is 2.62 bits per heavy atom. The summed E-state index contributed by atoms with van der Waals surface area (Å²) in [5.74, 6) is 0.874. The lowest BCUT2D eigenvalue weighted by molar-refractivity contribution is 0.413. The van der Waals surface area contributed by atoms with Crippen molar-refractivity contribution in [2.45, 2.75) is 64.2 Å². The van der Waals surface area contributed by atoms with Crippen molar-refractivity contribution in [2.24, 2.45) is 0 Å². The molecule has 0 radical (unpaired) electrons. The fourth-order valence-electron chi connectivity index (χ4n) is 2.07. The van der Waals surface area contributed by atoms with Gasteiger partial charge in [0, 0.05) is 11.4 Å². The van der Waals surface area contributed by atoms with Crippen LogP contribution in [-0.2, 0) is 17.8 Å². The third kappa shape index (κ3) is 6.72. The van der Waals surface area contributed by atoms with Crippen LogP contribution in [0, 0.1) is 0 Å². The zero-order valence-corrected chi connectivity index (χ0v) is 14.8. The van der Waals surface area contributed by atoms with Gasteiger partial charge in [0.1, 0.15) is 10.5 Å². The molecule has 120 valence electrons. The quantitative estimate of drug-likeness (QED) is 0.742. The lowest BCUT2D eigenvalue weighted by Crippen LogP contribution is -2.45. The zero-order valence-electron chi connectivity index (χ0n) is 13.9. The third-order valence-electron chi connectivity index (χ3n) is 3.35. The molecular weight excluding hydrogens is 282 g/mol. The molecule has 0 saturated heterocycles. The first kappa shape index (κ1) is 18.3. The molecule has 1 N–H and O–H groups in total. The van der Waals surface area contributed by atoms with Crippen LogP contribution in [0.15, 0.2) is 24.3 Å². The van der Waals surface area contributed by atoms with Crippen molar-refractivity contribution < 1.29 is 9.29 Å². The average Bonchev–Trinajstić information content (AvgIpc) is 2.43. The molecule has 4 heteroatoms. The third-order valence-corrected chi connectivity index (χ3v) is 5.01. The monoisotopic (exact) mass is 311 g/mol. The van der Waals surface area contributed by atoms with E-state index in [9.17, 15) is 4.55 Å². The first-order valence-corrected chi connectivity index (χ1v) is 8.82. The Bertz CT molecular complexity index is 417. The molecule has 0 aromatic heterocycles. The topological polar surface area (TPSA) is 44.3 Å². The van der Waals surface area contributed by atoms with Crippen LogP contribution >= 0.6 is 0 Å². The van der Waals surface area contributed by atoms with E-state index in [1.54, 1.807) is 7.11 Å². The van der Waals surface area contributed by atoms with Gasteiger partial charge in [-0.25, -0.2) is 0 Å². The predicted molar refractivity (Wildman–Crippen MR) is 91.0 cm³/mol. The van der Waals surface area contributed by atoms with Crippen molar-refractivity contribution in [2.75, 3.05) is 7.11 Å². The maximum atomic E-state index is 12.3. The van der Waals surface area contributed by atoms with Gasteiger partial charge in [-0.05, 0) is 51.3 Å². The summed E-state index contributed by atoms with van der Waals surface area (Å²) in [5.41, 5.74) is 1.22. The SMILES string of the molecule is CCCC[C@@H](Cc1cccc(OC)c1)N[S+]([O-])C(C)(C)C. The molecule has 0 bridgehead atoms. The number of ether oxygens (including phenoxy) is 1. The smallest absolute Gasteiger partial charge is 0.136 e. The molecule has 0 aliphatic rings. The van der Waals surface area contributed by atoms with Crippen molar-refractivity contribution in [3.05, 3.63) is 29.8 Å². The summed E-state index contributed by atoms with van der Waals surface area (Å²) >= 11 is -1.03. The molecule has 1 rings (SSSR count). The number of methoxy groups -OCH3 is 1. The van der Waals surface area contributed by atoms with Gasteiger partial charge in [-0.2, -0.15) is 0 Å². The van der Waals surface area contributed by atoms with E-state index in [2.05, 4.69) is 23.8 Å². The lowest BCUT2D eigenvalue weighted by Gasteiger charge is -2.28. The molecule has 0 spiro atoms. The summed E-state index contributed by atoms with van der Waals surface area (Å²) in [5, 5.41) is 0. The molecular formula is C17H29NO2S. The Labute approximate surface area is 132 Å². The number of hydrogen-bond acceptors (Lipinski definition) is 3. The largest absolute Gasteiger partial charge is 0.598 e. The number of benzene rings is 1. The maximum absolute atomic E-state index is 12.3. The summed E-state index contributed by atoms with van der Waals surface area (Å²) in [6.07, 6.45) is 4.20. The highest BCUT2D eigenvalue weighted by Gasteiger charge is 2.29. The van der Waals surface area contributed by atoms with Crippen molar-refractivity contribution in [1.29, 1.82) is 0 Å². The van der Waals surface area contributed by atoms with Gasteiger partial charge in [-0.15, -0.1) is 4.72 Å². The number of rotatable bonds is 8. The van der Waals surface area contributed by atoms with Crippen molar-refractivity contribution in [1.82, 2.24) is 4.72 Å². The van der Waals surface area contributed by atoms with Gasteiger partial charge in [-0.3, -0.25) is 0 Å². The summed E-state index contributed by atoms with van der Waals surface area (Å²) in [6, 6.07) is 8.35. The molecule has 0 amide bonds. The zero-order chi connectivity index (χ0) is 15.9. The average molecular weight is 311 g/mol. The molecule has 2 atom stereocenters. The minimum atomic E-state index is -1.03. The summed E-state index contributed by atoms with van der Waals surface area (Å²) in [7, 11) is 1.68. The van der Waals surface area contributed by atoms with Crippen molar-refractivity contribution in [3.8, 4) is 5.75 Å². The Kier molecular flexibility index (Phi) is 7.57. The molecule has 0 heterocycles. The Balaban J connectivity index is 2.72. The molecule has 0 saturated carbocycles. The minimum Gasteiger partial charge on any atom is -0.598 e. The van der Waals surface area contributed by atoms with Crippen LogP contribution in [0.1, 0.15) is 52.5 Å². The minimum absolute atomic E-state index is 0.233. The Hall–Kier alpha value is -0.710. The summed E-state index contributed by atoms with van der Waals surface area (Å²) in [6.45, 7) is 8.18.